The summed E-state index contributed by atoms with van der Waals surface area (Å²) in [6.45, 7) is -0.409. The lowest BCUT2D eigenvalue weighted by atomic mass is 10.1. The van der Waals surface area contributed by atoms with Crippen LogP contribution in [0.25, 0.3) is 0 Å². The summed E-state index contributed by atoms with van der Waals surface area (Å²) in [6.07, 6.45) is 0. The van der Waals surface area contributed by atoms with Crippen molar-refractivity contribution in [3.05, 3.63) is 33.8 Å². The van der Waals surface area contributed by atoms with Gasteiger partial charge in [0.05, 0.1) is 6.54 Å². The number of rotatable bonds is 3. The van der Waals surface area contributed by atoms with Crippen molar-refractivity contribution < 1.29 is 18.4 Å². The zero-order valence-electron chi connectivity index (χ0n) is 8.84. The van der Waals surface area contributed by atoms with E-state index in [1.165, 1.54) is 7.05 Å². The van der Waals surface area contributed by atoms with Crippen LogP contribution in [0.15, 0.2) is 16.6 Å². The van der Waals surface area contributed by atoms with Crippen LogP contribution in [-0.4, -0.2) is 30.3 Å². The molecule has 0 spiro atoms. The highest BCUT2D eigenvalue weighted by Crippen LogP contribution is 2.20. The zero-order chi connectivity index (χ0) is 13.2. The lowest BCUT2D eigenvalue weighted by Gasteiger charge is -2.16. The molecule has 0 aromatic heterocycles. The highest BCUT2D eigenvalue weighted by molar-refractivity contribution is 9.10. The number of carbonyl (C=O) groups excluding carboxylic acids is 2. The van der Waals surface area contributed by atoms with Crippen LogP contribution in [0.4, 0.5) is 8.78 Å². The fraction of sp³-hybridized carbons (Fsp3) is 0.200. The summed E-state index contributed by atoms with van der Waals surface area (Å²) < 4.78 is 27.0. The maximum absolute atomic E-state index is 13.4. The summed E-state index contributed by atoms with van der Waals surface area (Å²) in [5.41, 5.74) is 4.17. The molecule has 1 rings (SSSR count). The predicted octanol–water partition coefficient (Wildman–Crippen LogP) is 1.28. The predicted molar refractivity (Wildman–Crippen MR) is 60.2 cm³/mol. The van der Waals surface area contributed by atoms with Crippen molar-refractivity contribution >= 4 is 27.7 Å². The number of likely N-dealkylation sites (N-methyl/N-ethyl adjacent to an activating group) is 1. The average molecular weight is 307 g/mol. The standard InChI is InChI=1S/C10H9BrF2N2O2/c1-15(4-8(14)16)10(17)9-6(12)2-5(11)3-7(9)13/h2-3H,4H2,1H3,(H2,14,16). The average Bonchev–Trinajstić information content (AvgIpc) is 2.14. The van der Waals surface area contributed by atoms with Crippen LogP contribution >= 0.6 is 15.9 Å². The maximum atomic E-state index is 13.4. The minimum Gasteiger partial charge on any atom is -0.368 e. The molecule has 0 fully saturated rings. The zero-order valence-corrected chi connectivity index (χ0v) is 10.4. The van der Waals surface area contributed by atoms with E-state index in [9.17, 15) is 18.4 Å². The summed E-state index contributed by atoms with van der Waals surface area (Å²) in [6, 6.07) is 1.93. The van der Waals surface area contributed by atoms with Crippen LogP contribution in [0.5, 0.6) is 0 Å². The number of nitrogens with zero attached hydrogens (tertiary/aromatic N) is 1. The fourth-order valence-corrected chi connectivity index (χ4v) is 1.64. The van der Waals surface area contributed by atoms with Crippen molar-refractivity contribution in [3.63, 3.8) is 0 Å². The first-order valence-electron chi connectivity index (χ1n) is 4.51. The van der Waals surface area contributed by atoms with Crippen molar-refractivity contribution in [2.45, 2.75) is 0 Å². The number of nitrogens with two attached hydrogens (primary N) is 1. The second-order valence-corrected chi connectivity index (χ2v) is 4.29. The summed E-state index contributed by atoms with van der Waals surface area (Å²) in [4.78, 5) is 23.1. The van der Waals surface area contributed by atoms with Crippen molar-refractivity contribution in [3.8, 4) is 0 Å². The van der Waals surface area contributed by atoms with Gasteiger partial charge in [0, 0.05) is 11.5 Å². The van der Waals surface area contributed by atoms with Gasteiger partial charge in [-0.25, -0.2) is 8.78 Å². The van der Waals surface area contributed by atoms with Crippen LogP contribution in [0.2, 0.25) is 0 Å². The molecule has 0 aliphatic rings. The molecule has 0 radical (unpaired) electrons. The summed E-state index contributed by atoms with van der Waals surface area (Å²) in [5.74, 6) is -3.71. The lowest BCUT2D eigenvalue weighted by molar-refractivity contribution is -0.118. The molecule has 0 atom stereocenters. The van der Waals surface area contributed by atoms with Gasteiger partial charge in [-0.1, -0.05) is 15.9 Å². The quantitative estimate of drug-likeness (QED) is 0.914. The first-order chi connectivity index (χ1) is 7.82. The van der Waals surface area contributed by atoms with Crippen LogP contribution in [-0.2, 0) is 4.79 Å². The second kappa shape index (κ2) is 5.22. The lowest BCUT2D eigenvalue weighted by Crippen LogP contribution is -2.36. The van der Waals surface area contributed by atoms with E-state index in [0.29, 0.717) is 0 Å². The van der Waals surface area contributed by atoms with E-state index in [1.807, 2.05) is 0 Å². The summed E-state index contributed by atoms with van der Waals surface area (Å²) in [5, 5.41) is 0. The summed E-state index contributed by atoms with van der Waals surface area (Å²) in [7, 11) is 1.23. The number of amides is 2. The van der Waals surface area contributed by atoms with Gasteiger partial charge < -0.3 is 10.6 Å². The van der Waals surface area contributed by atoms with Gasteiger partial charge in [-0.05, 0) is 12.1 Å². The van der Waals surface area contributed by atoms with Gasteiger partial charge in [0.2, 0.25) is 5.91 Å². The van der Waals surface area contributed by atoms with Gasteiger partial charge in [-0.3, -0.25) is 9.59 Å². The number of carbonyl (C=O) groups is 2. The Morgan fingerprint density at radius 1 is 1.35 bits per heavy atom. The number of hydrogen-bond acceptors (Lipinski definition) is 2. The third kappa shape index (κ3) is 3.23. The smallest absolute Gasteiger partial charge is 0.260 e. The van der Waals surface area contributed by atoms with Gasteiger partial charge in [-0.15, -0.1) is 0 Å². The Morgan fingerprint density at radius 3 is 2.24 bits per heavy atom. The molecule has 7 heteroatoms. The van der Waals surface area contributed by atoms with Gasteiger partial charge in [0.1, 0.15) is 17.2 Å². The molecule has 0 saturated heterocycles. The van der Waals surface area contributed by atoms with Crippen molar-refractivity contribution in [2.24, 2.45) is 5.73 Å². The van der Waals surface area contributed by atoms with Gasteiger partial charge in [0.25, 0.3) is 5.91 Å². The van der Waals surface area contributed by atoms with Crippen LogP contribution < -0.4 is 5.73 Å². The van der Waals surface area contributed by atoms with Crippen molar-refractivity contribution in [1.82, 2.24) is 4.90 Å². The minimum absolute atomic E-state index is 0.182. The maximum Gasteiger partial charge on any atom is 0.260 e. The van der Waals surface area contributed by atoms with E-state index in [2.05, 4.69) is 15.9 Å². The highest BCUT2D eigenvalue weighted by Gasteiger charge is 2.22. The SMILES string of the molecule is CN(CC(N)=O)C(=O)c1c(F)cc(Br)cc1F. The Balaban J connectivity index is 3.08. The molecule has 2 N–H and O–H groups in total. The number of primary amides is 1. The highest BCUT2D eigenvalue weighted by atomic mass is 79.9. The van der Waals surface area contributed by atoms with E-state index in [-0.39, 0.29) is 4.47 Å². The van der Waals surface area contributed by atoms with Gasteiger partial charge >= 0.3 is 0 Å². The molecule has 0 aliphatic heterocycles. The second-order valence-electron chi connectivity index (χ2n) is 3.37. The molecule has 0 aliphatic carbocycles. The normalized spacial score (nSPS) is 10.1. The number of benzene rings is 1. The van der Waals surface area contributed by atoms with Gasteiger partial charge in [0.15, 0.2) is 0 Å². The summed E-state index contributed by atoms with van der Waals surface area (Å²) >= 11 is 2.89. The third-order valence-corrected chi connectivity index (χ3v) is 2.42. The Kier molecular flexibility index (Phi) is 4.17. The molecular weight excluding hydrogens is 298 g/mol. The van der Waals surface area contributed by atoms with Crippen molar-refractivity contribution in [2.75, 3.05) is 13.6 Å². The molecule has 0 unspecified atom stereocenters. The molecule has 17 heavy (non-hydrogen) atoms. The molecule has 0 heterocycles. The molecule has 2 amide bonds. The number of halogens is 3. The molecule has 0 bridgehead atoms. The van der Waals surface area contributed by atoms with E-state index in [4.69, 9.17) is 5.73 Å². The molecule has 4 nitrogen and oxygen atoms in total. The van der Waals surface area contributed by atoms with E-state index in [1.54, 1.807) is 0 Å². The van der Waals surface area contributed by atoms with Crippen LogP contribution in [0.1, 0.15) is 10.4 Å². The van der Waals surface area contributed by atoms with Crippen LogP contribution in [0, 0.1) is 11.6 Å². The molecule has 1 aromatic rings. The van der Waals surface area contributed by atoms with Crippen LogP contribution in [0.3, 0.4) is 0 Å². The molecule has 0 saturated carbocycles. The third-order valence-electron chi connectivity index (χ3n) is 1.96. The van der Waals surface area contributed by atoms with Gasteiger partial charge in [-0.2, -0.15) is 0 Å². The monoisotopic (exact) mass is 306 g/mol. The Hall–Kier alpha value is -1.50. The molecule has 1 aromatic carbocycles. The van der Waals surface area contributed by atoms with E-state index >= 15 is 0 Å². The molecular formula is C10H9BrF2N2O2. The Bertz CT molecular complexity index is 456. The largest absolute Gasteiger partial charge is 0.368 e. The molecule has 92 valence electrons. The minimum atomic E-state index is -1.00. The number of hydrogen-bond donors (Lipinski definition) is 1. The van der Waals surface area contributed by atoms with E-state index in [0.717, 1.165) is 17.0 Å². The van der Waals surface area contributed by atoms with E-state index < -0.39 is 35.6 Å². The Labute approximate surface area is 105 Å². The first-order valence-corrected chi connectivity index (χ1v) is 5.30. The topological polar surface area (TPSA) is 63.4 Å². The Morgan fingerprint density at radius 2 is 1.82 bits per heavy atom. The van der Waals surface area contributed by atoms with Crippen molar-refractivity contribution in [1.29, 1.82) is 0 Å². The fourth-order valence-electron chi connectivity index (χ4n) is 1.24. The first kappa shape index (κ1) is 13.6.